The van der Waals surface area contributed by atoms with Crippen molar-refractivity contribution in [3.63, 3.8) is 0 Å². The summed E-state index contributed by atoms with van der Waals surface area (Å²) in [6.07, 6.45) is 4.54. The molecule has 30 heavy (non-hydrogen) atoms. The van der Waals surface area contributed by atoms with Crippen LogP contribution in [-0.2, 0) is 30.3 Å². The first kappa shape index (κ1) is 25.1. The molecular weight excluding hydrogens is 388 g/mol. The Kier molecular flexibility index (Phi) is 11.8. The van der Waals surface area contributed by atoms with Crippen LogP contribution in [0.4, 0.5) is 5.69 Å². The van der Waals surface area contributed by atoms with Crippen LogP contribution < -0.4 is 10.1 Å². The number of anilines is 1. The molecule has 1 rings (SSSR count). The van der Waals surface area contributed by atoms with E-state index in [2.05, 4.69) is 5.32 Å². The number of hydrogen-bond acceptors (Lipinski definition) is 6. The lowest BCUT2D eigenvalue weighted by Crippen LogP contribution is -2.21. The van der Waals surface area contributed by atoms with Gasteiger partial charge >= 0.3 is 5.97 Å². The second-order valence-corrected chi connectivity index (χ2v) is 7.10. The summed E-state index contributed by atoms with van der Waals surface area (Å²) < 4.78 is 10.5. The van der Waals surface area contributed by atoms with Gasteiger partial charge in [0.05, 0.1) is 13.7 Å². The standard InChI is InChI=1S/C22H32N2O6/c1-24(2)21(27)9-7-8-20(26)23-18-11-12-19(30-15-6-4-5-14-25)17(16-18)10-13-22(28)29-3/h11-12,14,16H,4-10,13,15H2,1-3H3,(H,23,26). The first-order valence-corrected chi connectivity index (χ1v) is 10.1. The van der Waals surface area contributed by atoms with Crippen molar-refractivity contribution in [2.75, 3.05) is 33.1 Å². The van der Waals surface area contributed by atoms with Gasteiger partial charge in [-0.2, -0.15) is 0 Å². The van der Waals surface area contributed by atoms with Crippen molar-refractivity contribution >= 4 is 29.8 Å². The smallest absolute Gasteiger partial charge is 0.305 e. The molecule has 0 fully saturated rings. The average Bonchev–Trinajstić information content (AvgIpc) is 2.72. The Labute approximate surface area is 177 Å². The van der Waals surface area contributed by atoms with Crippen LogP contribution in [0.25, 0.3) is 0 Å². The zero-order chi connectivity index (χ0) is 22.4. The summed E-state index contributed by atoms with van der Waals surface area (Å²) in [6, 6.07) is 5.29. The Morgan fingerprint density at radius 2 is 1.83 bits per heavy atom. The summed E-state index contributed by atoms with van der Waals surface area (Å²) in [6.45, 7) is 0.463. The third kappa shape index (κ3) is 10.0. The Balaban J connectivity index is 2.69. The molecule has 0 spiro atoms. The van der Waals surface area contributed by atoms with Crippen molar-refractivity contribution in [2.45, 2.75) is 51.4 Å². The van der Waals surface area contributed by atoms with Crippen LogP contribution in [0.5, 0.6) is 5.75 Å². The maximum Gasteiger partial charge on any atom is 0.305 e. The van der Waals surface area contributed by atoms with Crippen LogP contribution >= 0.6 is 0 Å². The topological polar surface area (TPSA) is 102 Å². The first-order chi connectivity index (χ1) is 14.4. The fourth-order valence-electron chi connectivity index (χ4n) is 2.69. The predicted molar refractivity (Wildman–Crippen MR) is 113 cm³/mol. The molecule has 166 valence electrons. The molecule has 0 aliphatic carbocycles. The normalized spacial score (nSPS) is 10.2. The van der Waals surface area contributed by atoms with Gasteiger partial charge in [-0.05, 0) is 49.4 Å². The van der Waals surface area contributed by atoms with E-state index in [0.717, 1.165) is 24.7 Å². The highest BCUT2D eigenvalue weighted by Gasteiger charge is 2.11. The van der Waals surface area contributed by atoms with Crippen LogP contribution in [0.15, 0.2) is 18.2 Å². The van der Waals surface area contributed by atoms with Crippen LogP contribution in [0, 0.1) is 0 Å². The van der Waals surface area contributed by atoms with Gasteiger partial charge in [0.1, 0.15) is 12.0 Å². The summed E-state index contributed by atoms with van der Waals surface area (Å²) in [5.74, 6) is 0.122. The van der Waals surface area contributed by atoms with E-state index in [4.69, 9.17) is 9.47 Å². The fourth-order valence-corrected chi connectivity index (χ4v) is 2.69. The molecule has 0 saturated carbocycles. The van der Waals surface area contributed by atoms with Crippen molar-refractivity contribution in [3.8, 4) is 5.75 Å². The predicted octanol–water partition coefficient (Wildman–Crippen LogP) is 2.74. The van der Waals surface area contributed by atoms with Gasteiger partial charge in [-0.3, -0.25) is 14.4 Å². The highest BCUT2D eigenvalue weighted by atomic mass is 16.5. The van der Waals surface area contributed by atoms with E-state index in [9.17, 15) is 19.2 Å². The van der Waals surface area contributed by atoms with Crippen LogP contribution in [-0.4, -0.2) is 56.8 Å². The molecule has 0 heterocycles. The molecule has 0 aliphatic rings. The summed E-state index contributed by atoms with van der Waals surface area (Å²) >= 11 is 0. The molecule has 0 saturated heterocycles. The molecule has 1 aromatic carbocycles. The minimum Gasteiger partial charge on any atom is -0.493 e. The first-order valence-electron chi connectivity index (χ1n) is 10.1. The summed E-state index contributed by atoms with van der Waals surface area (Å²) in [5, 5.41) is 2.82. The third-order valence-electron chi connectivity index (χ3n) is 4.44. The van der Waals surface area contributed by atoms with E-state index in [1.807, 2.05) is 0 Å². The number of rotatable bonds is 14. The second kappa shape index (κ2) is 14.1. The number of carbonyl (C=O) groups excluding carboxylic acids is 4. The summed E-state index contributed by atoms with van der Waals surface area (Å²) in [4.78, 5) is 47.2. The van der Waals surface area contributed by atoms with Gasteiger partial charge in [-0.25, -0.2) is 0 Å². The zero-order valence-electron chi connectivity index (χ0n) is 18.1. The van der Waals surface area contributed by atoms with E-state index >= 15 is 0 Å². The van der Waals surface area contributed by atoms with Crippen molar-refractivity contribution < 1.29 is 28.7 Å². The maximum atomic E-state index is 12.2. The number of nitrogens with zero attached hydrogens (tertiary/aromatic N) is 1. The van der Waals surface area contributed by atoms with Gasteiger partial charge in [0.2, 0.25) is 11.8 Å². The quantitative estimate of drug-likeness (QED) is 0.282. The van der Waals surface area contributed by atoms with E-state index < -0.39 is 0 Å². The molecule has 0 aliphatic heterocycles. The van der Waals surface area contributed by atoms with E-state index in [1.165, 1.54) is 12.0 Å². The molecule has 8 nitrogen and oxygen atoms in total. The number of ether oxygens (including phenoxy) is 2. The van der Waals surface area contributed by atoms with E-state index in [0.29, 0.717) is 43.7 Å². The van der Waals surface area contributed by atoms with E-state index in [-0.39, 0.29) is 30.6 Å². The number of nitrogens with one attached hydrogen (secondary N) is 1. The summed E-state index contributed by atoms with van der Waals surface area (Å²) in [5.41, 5.74) is 1.39. The molecule has 0 atom stereocenters. The van der Waals surface area contributed by atoms with Gasteiger partial charge in [0.25, 0.3) is 0 Å². The number of aryl methyl sites for hydroxylation is 1. The third-order valence-corrected chi connectivity index (χ3v) is 4.44. The molecule has 8 heteroatoms. The number of aldehydes is 1. The molecule has 1 aromatic rings. The Morgan fingerprint density at radius 3 is 2.50 bits per heavy atom. The SMILES string of the molecule is COC(=O)CCc1cc(NC(=O)CCCC(=O)N(C)C)ccc1OCCCCC=O. The molecule has 0 aromatic heterocycles. The largest absolute Gasteiger partial charge is 0.493 e. The average molecular weight is 421 g/mol. The van der Waals surface area contributed by atoms with Crippen molar-refractivity contribution in [3.05, 3.63) is 23.8 Å². The lowest BCUT2D eigenvalue weighted by Gasteiger charge is -2.14. The molecule has 0 unspecified atom stereocenters. The number of carbonyl (C=O) groups is 4. The Bertz CT molecular complexity index is 718. The maximum absolute atomic E-state index is 12.2. The zero-order valence-corrected chi connectivity index (χ0v) is 18.1. The highest BCUT2D eigenvalue weighted by Crippen LogP contribution is 2.25. The highest BCUT2D eigenvalue weighted by molar-refractivity contribution is 5.91. The van der Waals surface area contributed by atoms with Gasteiger partial charge in [-0.1, -0.05) is 0 Å². The van der Waals surface area contributed by atoms with Crippen molar-refractivity contribution in [1.29, 1.82) is 0 Å². The lowest BCUT2D eigenvalue weighted by atomic mass is 10.1. The van der Waals surface area contributed by atoms with Crippen molar-refractivity contribution in [2.24, 2.45) is 0 Å². The minimum absolute atomic E-state index is 0.0115. The number of amides is 2. The van der Waals surface area contributed by atoms with E-state index in [1.54, 1.807) is 32.3 Å². The number of benzene rings is 1. The molecule has 1 N–H and O–H groups in total. The van der Waals surface area contributed by atoms with Crippen LogP contribution in [0.2, 0.25) is 0 Å². The molecular formula is C22H32N2O6. The lowest BCUT2D eigenvalue weighted by molar-refractivity contribution is -0.140. The monoisotopic (exact) mass is 420 g/mol. The van der Waals surface area contributed by atoms with Crippen LogP contribution in [0.3, 0.4) is 0 Å². The number of methoxy groups -OCH3 is 1. The Hall–Kier alpha value is -2.90. The number of hydrogen-bond donors (Lipinski definition) is 1. The summed E-state index contributed by atoms with van der Waals surface area (Å²) in [7, 11) is 4.71. The van der Waals surface area contributed by atoms with Gasteiger partial charge < -0.3 is 24.5 Å². The fraction of sp³-hybridized carbons (Fsp3) is 0.545. The molecule has 0 bridgehead atoms. The Morgan fingerprint density at radius 1 is 1.07 bits per heavy atom. The molecule has 2 amide bonds. The molecule has 0 radical (unpaired) electrons. The minimum atomic E-state index is -0.327. The van der Waals surface area contributed by atoms with Gasteiger partial charge in [0, 0.05) is 45.5 Å². The van der Waals surface area contributed by atoms with Gasteiger partial charge in [-0.15, -0.1) is 0 Å². The van der Waals surface area contributed by atoms with Crippen LogP contribution in [0.1, 0.15) is 50.5 Å². The van der Waals surface area contributed by atoms with Gasteiger partial charge in [0.15, 0.2) is 0 Å². The second-order valence-electron chi connectivity index (χ2n) is 7.10. The number of esters is 1. The number of unbranched alkanes of at least 4 members (excludes halogenated alkanes) is 2. The van der Waals surface area contributed by atoms with Crippen molar-refractivity contribution in [1.82, 2.24) is 4.90 Å².